The number of carbonyl (C=O) groups excluding carboxylic acids is 1. The highest BCUT2D eigenvalue weighted by Crippen LogP contribution is 2.50. The van der Waals surface area contributed by atoms with Crippen molar-refractivity contribution in [2.45, 2.75) is 70.8 Å². The van der Waals surface area contributed by atoms with E-state index in [2.05, 4.69) is 36.3 Å². The molecule has 5 nitrogen and oxygen atoms in total. The van der Waals surface area contributed by atoms with Gasteiger partial charge in [0, 0.05) is 17.7 Å². The maximum Gasteiger partial charge on any atom is 0.230 e. The highest BCUT2D eigenvalue weighted by molar-refractivity contribution is 5.99. The number of fused-ring (bicyclic) bond motifs is 2. The summed E-state index contributed by atoms with van der Waals surface area (Å²) in [7, 11) is 0. The van der Waals surface area contributed by atoms with Gasteiger partial charge in [0.05, 0.1) is 29.4 Å². The first kappa shape index (κ1) is 21.0. The predicted molar refractivity (Wildman–Crippen MR) is 127 cm³/mol. The fourth-order valence-corrected chi connectivity index (χ4v) is 5.54. The Kier molecular flexibility index (Phi) is 5.41. The molecule has 3 aliphatic rings. The van der Waals surface area contributed by atoms with Crippen LogP contribution < -0.4 is 10.2 Å². The molecule has 166 valence electrons. The minimum atomic E-state index is -0.379. The fourth-order valence-electron chi connectivity index (χ4n) is 5.54. The Morgan fingerprint density at radius 3 is 2.72 bits per heavy atom. The first-order valence-electron chi connectivity index (χ1n) is 12.1. The summed E-state index contributed by atoms with van der Waals surface area (Å²) in [6, 6.07) is 12.6. The number of pyridine rings is 1. The Balaban J connectivity index is 1.46. The molecule has 32 heavy (non-hydrogen) atoms. The van der Waals surface area contributed by atoms with E-state index in [0.29, 0.717) is 12.5 Å². The summed E-state index contributed by atoms with van der Waals surface area (Å²) in [6.07, 6.45) is 9.05. The van der Waals surface area contributed by atoms with Gasteiger partial charge in [0.15, 0.2) is 0 Å². The lowest BCUT2D eigenvalue weighted by Crippen LogP contribution is -2.37. The summed E-state index contributed by atoms with van der Waals surface area (Å²) >= 11 is 0. The van der Waals surface area contributed by atoms with E-state index < -0.39 is 0 Å². The summed E-state index contributed by atoms with van der Waals surface area (Å²) in [6.45, 7) is 5.08. The van der Waals surface area contributed by atoms with Gasteiger partial charge in [-0.15, -0.1) is 0 Å². The Hall–Kier alpha value is -2.87. The fraction of sp³-hybridized carbons (Fsp3) is 0.519. The molecule has 1 aromatic carbocycles. The van der Waals surface area contributed by atoms with Gasteiger partial charge in [-0.25, -0.2) is 4.98 Å². The Morgan fingerprint density at radius 1 is 1.25 bits per heavy atom. The molecule has 2 aliphatic carbocycles. The van der Waals surface area contributed by atoms with Gasteiger partial charge in [0.1, 0.15) is 5.82 Å². The number of nitrogens with one attached hydrogen (secondary N) is 1. The molecule has 1 aliphatic heterocycles. The third-order valence-corrected chi connectivity index (χ3v) is 7.54. The number of aromatic nitrogens is 1. The molecular weight excluding hydrogens is 396 g/mol. The van der Waals surface area contributed by atoms with Crippen molar-refractivity contribution in [3.63, 3.8) is 0 Å². The highest BCUT2D eigenvalue weighted by Gasteiger charge is 2.45. The third kappa shape index (κ3) is 3.88. The number of anilines is 3. The maximum absolute atomic E-state index is 13.9. The van der Waals surface area contributed by atoms with E-state index in [1.54, 1.807) is 6.20 Å². The van der Waals surface area contributed by atoms with E-state index in [0.717, 1.165) is 72.8 Å². The molecule has 2 saturated carbocycles. The molecule has 5 heteroatoms. The van der Waals surface area contributed by atoms with Crippen LogP contribution in [-0.4, -0.2) is 10.9 Å². The molecule has 0 radical (unpaired) electrons. The van der Waals surface area contributed by atoms with Gasteiger partial charge >= 0.3 is 0 Å². The molecule has 0 atom stereocenters. The summed E-state index contributed by atoms with van der Waals surface area (Å²) < 4.78 is 0. The number of nitrogens with zero attached hydrogens (tertiary/aromatic N) is 3. The summed E-state index contributed by atoms with van der Waals surface area (Å²) in [5.74, 6) is 2.55. The molecule has 1 aromatic heterocycles. The van der Waals surface area contributed by atoms with E-state index in [1.807, 2.05) is 29.2 Å². The van der Waals surface area contributed by atoms with Crippen LogP contribution in [0.3, 0.4) is 0 Å². The number of carbonyl (C=O) groups is 1. The van der Waals surface area contributed by atoms with Crippen LogP contribution in [0, 0.1) is 29.1 Å². The van der Waals surface area contributed by atoms with Crippen molar-refractivity contribution in [1.82, 2.24) is 4.98 Å². The zero-order chi connectivity index (χ0) is 22.3. The van der Waals surface area contributed by atoms with Crippen LogP contribution in [0.15, 0.2) is 36.5 Å². The van der Waals surface area contributed by atoms with E-state index >= 15 is 0 Å². The molecule has 5 rings (SSSR count). The number of nitriles is 1. The molecule has 2 fully saturated rings. The van der Waals surface area contributed by atoms with Gasteiger partial charge < -0.3 is 10.2 Å². The SMILES string of the molecule is CC(C)CC1CCC(C(=O)N2Cc3cccnc3Nc3ccc(C4(C#N)CC4)cc32)CC1. The average molecular weight is 429 g/mol. The largest absolute Gasteiger partial charge is 0.338 e. The van der Waals surface area contributed by atoms with Crippen LogP contribution in [-0.2, 0) is 16.8 Å². The third-order valence-electron chi connectivity index (χ3n) is 7.54. The molecular formula is C27H32N4O. The average Bonchev–Trinajstić information content (AvgIpc) is 3.61. The van der Waals surface area contributed by atoms with E-state index in [1.165, 1.54) is 6.42 Å². The molecule has 0 spiro atoms. The molecule has 1 N–H and O–H groups in total. The Bertz CT molecular complexity index is 1060. The summed E-state index contributed by atoms with van der Waals surface area (Å²) in [4.78, 5) is 20.3. The molecule has 0 bridgehead atoms. The van der Waals surface area contributed by atoms with Gasteiger partial charge in [-0.05, 0) is 80.5 Å². The minimum absolute atomic E-state index is 0.0685. The van der Waals surface area contributed by atoms with Crippen molar-refractivity contribution >= 4 is 23.1 Å². The second kappa shape index (κ2) is 8.24. The van der Waals surface area contributed by atoms with E-state index in [9.17, 15) is 10.1 Å². The van der Waals surface area contributed by atoms with Gasteiger partial charge in [-0.1, -0.05) is 26.0 Å². The first-order valence-corrected chi connectivity index (χ1v) is 12.1. The second-order valence-electron chi connectivity index (χ2n) is 10.3. The van der Waals surface area contributed by atoms with Crippen LogP contribution in [0.1, 0.15) is 69.9 Å². The van der Waals surface area contributed by atoms with Crippen molar-refractivity contribution in [2.75, 3.05) is 10.2 Å². The number of amides is 1. The monoisotopic (exact) mass is 428 g/mol. The van der Waals surface area contributed by atoms with Gasteiger partial charge in [0.25, 0.3) is 0 Å². The van der Waals surface area contributed by atoms with Gasteiger partial charge in [-0.2, -0.15) is 5.26 Å². The van der Waals surface area contributed by atoms with Crippen LogP contribution in [0.5, 0.6) is 0 Å². The lowest BCUT2D eigenvalue weighted by atomic mass is 9.78. The molecule has 2 aromatic rings. The second-order valence-corrected chi connectivity index (χ2v) is 10.3. The molecule has 1 amide bonds. The van der Waals surface area contributed by atoms with Gasteiger partial charge in [-0.3, -0.25) is 4.79 Å². The van der Waals surface area contributed by atoms with Crippen LogP contribution >= 0.6 is 0 Å². The van der Waals surface area contributed by atoms with Crippen molar-refractivity contribution in [3.8, 4) is 6.07 Å². The van der Waals surface area contributed by atoms with Gasteiger partial charge in [0.2, 0.25) is 5.91 Å². The lowest BCUT2D eigenvalue weighted by molar-refractivity contribution is -0.123. The normalized spacial score (nSPS) is 23.4. The van der Waals surface area contributed by atoms with Crippen LogP contribution in [0.4, 0.5) is 17.2 Å². The number of rotatable bonds is 4. The topological polar surface area (TPSA) is 69.0 Å². The molecule has 0 unspecified atom stereocenters. The minimum Gasteiger partial charge on any atom is -0.338 e. The number of hydrogen-bond donors (Lipinski definition) is 1. The zero-order valence-corrected chi connectivity index (χ0v) is 19.1. The van der Waals surface area contributed by atoms with Crippen LogP contribution in [0.2, 0.25) is 0 Å². The highest BCUT2D eigenvalue weighted by atomic mass is 16.2. The first-order chi connectivity index (χ1) is 15.5. The number of benzene rings is 1. The maximum atomic E-state index is 13.9. The molecule has 0 saturated heterocycles. The predicted octanol–water partition coefficient (Wildman–Crippen LogP) is 6.08. The van der Waals surface area contributed by atoms with Crippen LogP contribution in [0.25, 0.3) is 0 Å². The summed E-state index contributed by atoms with van der Waals surface area (Å²) in [5.41, 5.74) is 3.44. The van der Waals surface area contributed by atoms with Crippen molar-refractivity contribution < 1.29 is 4.79 Å². The van der Waals surface area contributed by atoms with Crippen molar-refractivity contribution in [3.05, 3.63) is 47.7 Å². The molecule has 2 heterocycles. The van der Waals surface area contributed by atoms with Crippen molar-refractivity contribution in [1.29, 1.82) is 5.26 Å². The summed E-state index contributed by atoms with van der Waals surface area (Å²) in [5, 5.41) is 13.2. The zero-order valence-electron chi connectivity index (χ0n) is 19.1. The standard InChI is InChI=1S/C27H32N4O/c1-18(2)14-19-5-7-20(8-6-19)26(32)31-16-21-4-3-13-29-25(21)30-23-10-9-22(15-24(23)31)27(17-28)11-12-27/h3-4,9-10,13,15,18-20H,5-8,11-12,14,16H2,1-2H3,(H,29,30). The van der Waals surface area contributed by atoms with Crippen molar-refractivity contribution in [2.24, 2.45) is 17.8 Å². The smallest absolute Gasteiger partial charge is 0.230 e. The lowest BCUT2D eigenvalue weighted by Gasteiger charge is -2.33. The Morgan fingerprint density at radius 2 is 2.03 bits per heavy atom. The van der Waals surface area contributed by atoms with E-state index in [-0.39, 0.29) is 17.2 Å². The van der Waals surface area contributed by atoms with E-state index in [4.69, 9.17) is 0 Å². The quantitative estimate of drug-likeness (QED) is 0.641. The Labute approximate surface area is 190 Å². The number of hydrogen-bond acceptors (Lipinski definition) is 4.